The lowest BCUT2D eigenvalue weighted by Crippen LogP contribution is -2.49. The Morgan fingerprint density at radius 3 is 2.42 bits per heavy atom. The summed E-state index contributed by atoms with van der Waals surface area (Å²) in [6.45, 7) is 3.06. The largest absolute Gasteiger partial charge is 0.370 e. The number of carbonyl (C=O) groups is 1. The van der Waals surface area contributed by atoms with E-state index < -0.39 is 0 Å². The number of piperazine rings is 1. The van der Waals surface area contributed by atoms with Crippen molar-refractivity contribution in [3.63, 3.8) is 0 Å². The molecule has 138 valence electrons. The average Bonchev–Trinajstić information content (AvgIpc) is 2.68. The molecule has 8 heteroatoms. The van der Waals surface area contributed by atoms with E-state index in [1.807, 2.05) is 35.2 Å². The van der Waals surface area contributed by atoms with Gasteiger partial charge in [0.15, 0.2) is 5.96 Å². The molecule has 2 heterocycles. The highest BCUT2D eigenvalue weighted by Crippen LogP contribution is 2.15. The lowest BCUT2D eigenvalue weighted by molar-refractivity contribution is -0.129. The zero-order chi connectivity index (χ0) is 17.5. The Kier molecular flexibility index (Phi) is 7.64. The third kappa shape index (κ3) is 5.58. The number of pyridine rings is 1. The van der Waals surface area contributed by atoms with E-state index >= 15 is 0 Å². The number of aliphatic imine (C=N–C) groups is 1. The van der Waals surface area contributed by atoms with E-state index in [1.54, 1.807) is 12.3 Å². The van der Waals surface area contributed by atoms with Gasteiger partial charge in [-0.3, -0.25) is 4.79 Å². The van der Waals surface area contributed by atoms with E-state index in [1.165, 1.54) is 5.69 Å². The maximum absolute atomic E-state index is 12.3. The molecule has 2 aromatic rings. The highest BCUT2D eigenvalue weighted by molar-refractivity contribution is 14.0. The van der Waals surface area contributed by atoms with Gasteiger partial charge in [-0.15, -0.1) is 24.0 Å². The minimum absolute atomic E-state index is 0. The number of carbonyl (C=O) groups excluding carboxylic acids is 1. The van der Waals surface area contributed by atoms with E-state index in [9.17, 15) is 4.79 Å². The van der Waals surface area contributed by atoms with Crippen LogP contribution >= 0.6 is 24.0 Å². The summed E-state index contributed by atoms with van der Waals surface area (Å²) in [6.07, 6.45) is 1.66. The van der Waals surface area contributed by atoms with Crippen LogP contribution in [0.25, 0.3) is 0 Å². The van der Waals surface area contributed by atoms with Crippen LogP contribution in [-0.2, 0) is 4.79 Å². The first-order valence-corrected chi connectivity index (χ1v) is 8.28. The third-order valence-electron chi connectivity index (χ3n) is 4.06. The molecule has 0 spiro atoms. The number of nitrogens with two attached hydrogens (primary N) is 1. The molecule has 3 N–H and O–H groups in total. The minimum atomic E-state index is -0.0153. The summed E-state index contributed by atoms with van der Waals surface area (Å²) < 4.78 is 0. The van der Waals surface area contributed by atoms with Gasteiger partial charge in [-0.2, -0.15) is 0 Å². The standard InChI is InChI=1S/C18H22N6O.HI/c19-18(22-16-8-4-5-9-20-16)21-14-17(25)24-12-10-23(11-13-24)15-6-2-1-3-7-15;/h1-9H,10-14H2,(H3,19,20,21,22);1H. The highest BCUT2D eigenvalue weighted by atomic mass is 127. The predicted octanol–water partition coefficient (Wildman–Crippen LogP) is 1.77. The quantitative estimate of drug-likeness (QED) is 0.408. The van der Waals surface area contributed by atoms with Crippen molar-refractivity contribution in [1.82, 2.24) is 9.88 Å². The van der Waals surface area contributed by atoms with Gasteiger partial charge in [0.05, 0.1) is 0 Å². The molecule has 26 heavy (non-hydrogen) atoms. The molecule has 0 aliphatic carbocycles. The second-order valence-corrected chi connectivity index (χ2v) is 5.74. The molecule has 0 radical (unpaired) electrons. The van der Waals surface area contributed by atoms with Crippen molar-refractivity contribution in [2.24, 2.45) is 10.7 Å². The number of guanidine groups is 1. The van der Waals surface area contributed by atoms with Crippen LogP contribution in [0.5, 0.6) is 0 Å². The topological polar surface area (TPSA) is 86.8 Å². The summed E-state index contributed by atoms with van der Waals surface area (Å²) >= 11 is 0. The first-order chi connectivity index (χ1) is 12.2. The number of aromatic nitrogens is 1. The number of amides is 1. The van der Waals surface area contributed by atoms with Crippen LogP contribution in [0.2, 0.25) is 0 Å². The molecule has 3 rings (SSSR count). The maximum atomic E-state index is 12.3. The number of hydrogen-bond acceptors (Lipinski definition) is 4. The molecule has 1 fully saturated rings. The van der Waals surface area contributed by atoms with Crippen molar-refractivity contribution in [1.29, 1.82) is 0 Å². The molecule has 1 saturated heterocycles. The van der Waals surface area contributed by atoms with Crippen LogP contribution in [0.3, 0.4) is 0 Å². The zero-order valence-corrected chi connectivity index (χ0v) is 16.7. The Balaban J connectivity index is 0.00000243. The SMILES string of the molecule is I.NC(=NCC(=O)N1CCN(c2ccccc2)CC1)Nc1ccccn1. The molecule has 1 amide bonds. The number of hydrogen-bond donors (Lipinski definition) is 2. The van der Waals surface area contributed by atoms with Crippen molar-refractivity contribution < 1.29 is 4.79 Å². The summed E-state index contributed by atoms with van der Waals surface area (Å²) in [4.78, 5) is 24.6. The van der Waals surface area contributed by atoms with Gasteiger partial charge in [-0.05, 0) is 24.3 Å². The predicted molar refractivity (Wildman–Crippen MR) is 115 cm³/mol. The smallest absolute Gasteiger partial charge is 0.244 e. The highest BCUT2D eigenvalue weighted by Gasteiger charge is 2.20. The molecule has 1 aliphatic rings. The Hall–Kier alpha value is -2.36. The average molecular weight is 466 g/mol. The summed E-state index contributed by atoms with van der Waals surface area (Å²) in [6, 6.07) is 15.7. The van der Waals surface area contributed by atoms with Crippen molar-refractivity contribution in [3.05, 3.63) is 54.7 Å². The normalized spacial score (nSPS) is 14.5. The number of rotatable bonds is 4. The van der Waals surface area contributed by atoms with Crippen LogP contribution in [0.1, 0.15) is 0 Å². The van der Waals surface area contributed by atoms with Crippen LogP contribution in [-0.4, -0.2) is 54.5 Å². The molecular formula is C18H23IN6O. The molecule has 1 aliphatic heterocycles. The summed E-state index contributed by atoms with van der Waals surface area (Å²) in [5, 5.41) is 2.87. The fourth-order valence-electron chi connectivity index (χ4n) is 2.71. The van der Waals surface area contributed by atoms with Crippen LogP contribution in [0.4, 0.5) is 11.5 Å². The van der Waals surface area contributed by atoms with Gasteiger partial charge < -0.3 is 20.9 Å². The van der Waals surface area contributed by atoms with Gasteiger partial charge in [0.1, 0.15) is 12.4 Å². The first kappa shape index (κ1) is 20.0. The number of nitrogens with zero attached hydrogens (tertiary/aromatic N) is 4. The number of anilines is 2. The fraction of sp³-hybridized carbons (Fsp3) is 0.278. The van der Waals surface area contributed by atoms with Crippen LogP contribution < -0.4 is 16.0 Å². The summed E-state index contributed by atoms with van der Waals surface area (Å²) in [7, 11) is 0. The van der Waals surface area contributed by atoms with Gasteiger partial charge in [0, 0.05) is 38.1 Å². The maximum Gasteiger partial charge on any atom is 0.244 e. The monoisotopic (exact) mass is 466 g/mol. The van der Waals surface area contributed by atoms with Crippen molar-refractivity contribution in [2.45, 2.75) is 0 Å². The Labute approximate surface area is 170 Å². The van der Waals surface area contributed by atoms with Crippen LogP contribution in [0.15, 0.2) is 59.7 Å². The van der Waals surface area contributed by atoms with Crippen molar-refractivity contribution in [2.75, 3.05) is 42.9 Å². The lowest BCUT2D eigenvalue weighted by atomic mass is 10.2. The molecule has 0 unspecified atom stereocenters. The molecule has 1 aromatic heterocycles. The zero-order valence-electron chi connectivity index (χ0n) is 14.4. The Morgan fingerprint density at radius 2 is 1.77 bits per heavy atom. The molecule has 0 atom stereocenters. The van der Waals surface area contributed by atoms with Gasteiger partial charge in [0.2, 0.25) is 5.91 Å². The van der Waals surface area contributed by atoms with Crippen molar-refractivity contribution in [3.8, 4) is 0 Å². The fourth-order valence-corrected chi connectivity index (χ4v) is 2.71. The molecule has 0 bridgehead atoms. The van der Waals surface area contributed by atoms with Gasteiger partial charge >= 0.3 is 0 Å². The van der Waals surface area contributed by atoms with Crippen LogP contribution in [0, 0.1) is 0 Å². The van der Waals surface area contributed by atoms with Crippen molar-refractivity contribution >= 4 is 47.3 Å². The van der Waals surface area contributed by atoms with E-state index in [0.29, 0.717) is 18.9 Å². The second kappa shape index (κ2) is 9.95. The first-order valence-electron chi connectivity index (χ1n) is 8.28. The van der Waals surface area contributed by atoms with E-state index in [2.05, 4.69) is 32.3 Å². The number of para-hydroxylation sites is 1. The van der Waals surface area contributed by atoms with Gasteiger partial charge in [-0.1, -0.05) is 24.3 Å². The molecule has 0 saturated carbocycles. The number of halogens is 1. The number of nitrogens with one attached hydrogen (secondary N) is 1. The minimum Gasteiger partial charge on any atom is -0.370 e. The van der Waals surface area contributed by atoms with E-state index in [0.717, 1.165) is 13.1 Å². The van der Waals surface area contributed by atoms with Gasteiger partial charge in [0.25, 0.3) is 0 Å². The number of benzene rings is 1. The lowest BCUT2D eigenvalue weighted by Gasteiger charge is -2.35. The Morgan fingerprint density at radius 1 is 1.08 bits per heavy atom. The third-order valence-corrected chi connectivity index (χ3v) is 4.06. The van der Waals surface area contributed by atoms with E-state index in [4.69, 9.17) is 5.73 Å². The molecular weight excluding hydrogens is 443 g/mol. The molecule has 1 aromatic carbocycles. The molecule has 7 nitrogen and oxygen atoms in total. The second-order valence-electron chi connectivity index (χ2n) is 5.74. The summed E-state index contributed by atoms with van der Waals surface area (Å²) in [5.41, 5.74) is 6.99. The van der Waals surface area contributed by atoms with E-state index in [-0.39, 0.29) is 42.4 Å². The van der Waals surface area contributed by atoms with Gasteiger partial charge in [-0.25, -0.2) is 9.98 Å². The Bertz CT molecular complexity index is 717. The summed E-state index contributed by atoms with van der Waals surface area (Å²) in [5.74, 6) is 0.779.